The second kappa shape index (κ2) is 8.56. The molecule has 0 aromatic rings. The molecule has 0 aromatic carbocycles. The van der Waals surface area contributed by atoms with Crippen LogP contribution in [0.2, 0.25) is 0 Å². The highest BCUT2D eigenvalue weighted by molar-refractivity contribution is 5.88. The fourth-order valence-electron chi connectivity index (χ4n) is 3.44. The number of Topliss-reactive ketones (excluding diaryl/α,β-unsaturated/α-hetero) is 2. The molecule has 0 saturated carbocycles. The van der Waals surface area contributed by atoms with Crippen molar-refractivity contribution in [3.8, 4) is 0 Å². The van der Waals surface area contributed by atoms with Gasteiger partial charge in [0.05, 0.1) is 12.1 Å². The number of hydrogen-bond acceptors (Lipinski definition) is 3. The van der Waals surface area contributed by atoms with E-state index < -0.39 is 0 Å². The van der Waals surface area contributed by atoms with Crippen LogP contribution in [0.15, 0.2) is 0 Å². The zero-order valence-electron chi connectivity index (χ0n) is 13.1. The van der Waals surface area contributed by atoms with Crippen molar-refractivity contribution in [1.82, 2.24) is 4.90 Å². The fourth-order valence-corrected chi connectivity index (χ4v) is 3.44. The molecule has 0 aromatic heterocycles. The molecule has 1 aliphatic rings. The highest BCUT2D eigenvalue weighted by Crippen LogP contribution is 2.32. The van der Waals surface area contributed by atoms with Crippen molar-refractivity contribution in [3.63, 3.8) is 0 Å². The maximum Gasteiger partial charge on any atom is 0.150 e. The van der Waals surface area contributed by atoms with E-state index in [0.717, 1.165) is 25.8 Å². The number of carbonyl (C=O) groups excluding carboxylic acids is 2. The lowest BCUT2D eigenvalue weighted by Crippen LogP contribution is -2.45. The number of rotatable bonds is 7. The van der Waals surface area contributed by atoms with E-state index in [1.54, 1.807) is 6.92 Å². The summed E-state index contributed by atoms with van der Waals surface area (Å²) in [6, 6.07) is -0.0878. The van der Waals surface area contributed by atoms with Crippen LogP contribution in [0.5, 0.6) is 0 Å². The van der Waals surface area contributed by atoms with Gasteiger partial charge >= 0.3 is 0 Å². The second-order valence-corrected chi connectivity index (χ2v) is 5.97. The van der Waals surface area contributed by atoms with Crippen molar-refractivity contribution in [2.75, 3.05) is 6.54 Å². The molecule has 1 rings (SSSR count). The maximum atomic E-state index is 12.6. The lowest BCUT2D eigenvalue weighted by molar-refractivity contribution is -0.127. The van der Waals surface area contributed by atoms with Gasteiger partial charge in [0, 0.05) is 6.42 Å². The average molecular weight is 283 g/mol. The van der Waals surface area contributed by atoms with E-state index >= 15 is 0 Å². The zero-order chi connectivity index (χ0) is 14.6. The summed E-state index contributed by atoms with van der Waals surface area (Å²) in [5, 5.41) is 0. The summed E-state index contributed by atoms with van der Waals surface area (Å²) in [5.74, 6) is 1.34. The first-order valence-corrected chi connectivity index (χ1v) is 7.75. The summed E-state index contributed by atoms with van der Waals surface area (Å²) >= 11 is 0. The minimum atomic E-state index is -0.0457. The molecule has 0 bridgehead atoms. The third kappa shape index (κ3) is 4.15. The summed E-state index contributed by atoms with van der Waals surface area (Å²) in [7, 11) is 0. The lowest BCUT2D eigenvalue weighted by atomic mass is 9.89. The van der Waals surface area contributed by atoms with E-state index in [2.05, 4.69) is 25.7 Å². The molecule has 0 amide bonds. The number of likely N-dealkylation sites (N-methyl/N-ethyl adjacent to an activating group) is 1. The molecule has 3 atom stereocenters. The van der Waals surface area contributed by atoms with Crippen molar-refractivity contribution >= 4 is 11.6 Å². The molecule has 0 N–H and O–H groups in total. The maximum absolute atomic E-state index is 12.6. The largest absolute Gasteiger partial charge is 0.298 e. The van der Waals surface area contributed by atoms with Gasteiger partial charge in [0.25, 0.3) is 0 Å². The van der Waals surface area contributed by atoms with Crippen LogP contribution in [0.25, 0.3) is 0 Å². The number of hydrogen-bond donors (Lipinski definition) is 0. The van der Waals surface area contributed by atoms with Crippen molar-refractivity contribution in [2.45, 2.75) is 79.8 Å². The lowest BCUT2D eigenvalue weighted by Gasteiger charge is -2.28. The van der Waals surface area contributed by atoms with E-state index in [1.165, 1.54) is 0 Å². The van der Waals surface area contributed by atoms with Crippen molar-refractivity contribution in [2.24, 2.45) is 11.8 Å². The van der Waals surface area contributed by atoms with Crippen LogP contribution in [0.3, 0.4) is 0 Å². The molecule has 3 nitrogen and oxygen atoms in total. The second-order valence-electron chi connectivity index (χ2n) is 5.97. The summed E-state index contributed by atoms with van der Waals surface area (Å²) in [6.45, 7) is 10.9. The van der Waals surface area contributed by atoms with E-state index in [0.29, 0.717) is 24.0 Å². The Kier molecular flexibility index (Phi) is 8.26. The monoisotopic (exact) mass is 283 g/mol. The molecule has 1 saturated heterocycles. The first kappa shape index (κ1) is 19.3. The average Bonchev–Trinajstić information content (AvgIpc) is 2.72. The number of carbonyl (C=O) groups is 2. The third-order valence-corrected chi connectivity index (χ3v) is 4.70. The van der Waals surface area contributed by atoms with Crippen molar-refractivity contribution in [1.29, 1.82) is 0 Å². The normalized spacial score (nSPS) is 26.6. The van der Waals surface area contributed by atoms with Gasteiger partial charge in [-0.3, -0.25) is 14.5 Å². The van der Waals surface area contributed by atoms with Crippen LogP contribution in [-0.4, -0.2) is 35.1 Å². The first-order valence-electron chi connectivity index (χ1n) is 7.75. The van der Waals surface area contributed by atoms with Gasteiger partial charge in [0.2, 0.25) is 0 Å². The fraction of sp³-hybridized carbons (Fsp3) is 0.882. The van der Waals surface area contributed by atoms with Crippen LogP contribution in [0.1, 0.15) is 67.7 Å². The van der Waals surface area contributed by atoms with Crippen molar-refractivity contribution in [3.05, 3.63) is 0 Å². The Hall–Kier alpha value is -0.700. The third-order valence-electron chi connectivity index (χ3n) is 4.70. The predicted octanol–water partition coefficient (Wildman–Crippen LogP) is 3.71. The minimum absolute atomic E-state index is 0. The summed E-state index contributed by atoms with van der Waals surface area (Å²) < 4.78 is 0. The molecular weight excluding hydrogens is 250 g/mol. The molecule has 0 aliphatic carbocycles. The highest BCUT2D eigenvalue weighted by Gasteiger charge is 2.43. The SMILES string of the molecule is C.CCC(CC)CC(=O)[C@H]1[C@H](C)C[C@H](C(C)=O)N1CC. The standard InChI is InChI=1S/C16H29NO2.CH4/c1-6-13(7-2)10-15(19)16-11(4)9-14(12(5)18)17(16)8-3;/h11,13-14,16H,6-10H2,1-5H3;1H4/t11-,14-,16-;/m1./s1. The van der Waals surface area contributed by atoms with E-state index in [-0.39, 0.29) is 25.3 Å². The first-order chi connectivity index (χ1) is 8.96. The van der Waals surface area contributed by atoms with Gasteiger partial charge in [-0.05, 0) is 31.7 Å². The molecule has 3 heteroatoms. The quantitative estimate of drug-likeness (QED) is 0.715. The number of likely N-dealkylation sites (tertiary alicyclic amines) is 1. The predicted molar refractivity (Wildman–Crippen MR) is 84.8 cm³/mol. The molecule has 1 aliphatic heterocycles. The number of ketones is 2. The Morgan fingerprint density at radius 1 is 1.20 bits per heavy atom. The highest BCUT2D eigenvalue weighted by atomic mass is 16.1. The topological polar surface area (TPSA) is 37.4 Å². The van der Waals surface area contributed by atoms with Crippen LogP contribution >= 0.6 is 0 Å². The van der Waals surface area contributed by atoms with Gasteiger partial charge in [0.15, 0.2) is 5.78 Å². The van der Waals surface area contributed by atoms with Gasteiger partial charge < -0.3 is 0 Å². The summed E-state index contributed by atoms with van der Waals surface area (Å²) in [4.78, 5) is 26.4. The molecule has 118 valence electrons. The Morgan fingerprint density at radius 3 is 2.15 bits per heavy atom. The smallest absolute Gasteiger partial charge is 0.150 e. The molecule has 0 unspecified atom stereocenters. The Labute approximate surface area is 125 Å². The van der Waals surface area contributed by atoms with Crippen LogP contribution < -0.4 is 0 Å². The summed E-state index contributed by atoms with van der Waals surface area (Å²) in [6.07, 6.45) is 3.63. The molecule has 20 heavy (non-hydrogen) atoms. The van der Waals surface area contributed by atoms with Gasteiger partial charge in [-0.15, -0.1) is 0 Å². The molecule has 1 heterocycles. The minimum Gasteiger partial charge on any atom is -0.298 e. The Balaban J connectivity index is 0.00000361. The van der Waals surface area contributed by atoms with E-state index in [9.17, 15) is 9.59 Å². The molecular formula is C17H33NO2. The van der Waals surface area contributed by atoms with Gasteiger partial charge in [-0.25, -0.2) is 0 Å². The number of nitrogens with zero attached hydrogens (tertiary/aromatic N) is 1. The summed E-state index contributed by atoms with van der Waals surface area (Å²) in [5.41, 5.74) is 0. The van der Waals surface area contributed by atoms with Gasteiger partial charge in [0.1, 0.15) is 5.78 Å². The van der Waals surface area contributed by atoms with Crippen LogP contribution in [0.4, 0.5) is 0 Å². The van der Waals surface area contributed by atoms with Crippen LogP contribution in [-0.2, 0) is 9.59 Å². The van der Waals surface area contributed by atoms with E-state index in [4.69, 9.17) is 0 Å². The Morgan fingerprint density at radius 2 is 1.75 bits per heavy atom. The molecule has 0 radical (unpaired) electrons. The van der Waals surface area contributed by atoms with E-state index in [1.807, 2.05) is 6.92 Å². The molecule has 1 fully saturated rings. The molecule has 0 spiro atoms. The van der Waals surface area contributed by atoms with Gasteiger partial charge in [-0.2, -0.15) is 0 Å². The Bertz CT molecular complexity index is 323. The zero-order valence-corrected chi connectivity index (χ0v) is 13.1. The van der Waals surface area contributed by atoms with Crippen LogP contribution in [0, 0.1) is 11.8 Å². The van der Waals surface area contributed by atoms with Crippen molar-refractivity contribution < 1.29 is 9.59 Å². The van der Waals surface area contributed by atoms with Gasteiger partial charge in [-0.1, -0.05) is 48.0 Å².